The van der Waals surface area contributed by atoms with Gasteiger partial charge in [-0.15, -0.1) is 0 Å². The number of pyridine rings is 1. The normalized spacial score (nSPS) is 9.83. The Kier molecular flexibility index (Phi) is 2.94. The Morgan fingerprint density at radius 1 is 1.67 bits per heavy atom. The molecule has 0 aliphatic carbocycles. The minimum Gasteiger partial charge on any atom is -0.316 e. The lowest BCUT2D eigenvalue weighted by Crippen LogP contribution is -2.06. The minimum absolute atomic E-state index is 0.00736. The molecule has 0 radical (unpaired) electrons. The highest BCUT2D eigenvalue weighted by Gasteiger charge is 2.00. The smallest absolute Gasteiger partial charge is 0.178 e. The van der Waals surface area contributed by atoms with Crippen LogP contribution < -0.4 is 5.32 Å². The number of carbonyl (C=O) groups is 1. The van der Waals surface area contributed by atoms with Crippen molar-refractivity contribution in [2.24, 2.45) is 0 Å². The predicted octanol–water partition coefficient (Wildman–Crippen LogP) is 1.00. The Bertz CT molecular complexity index is 284. The molecular formula is C9H12N2O. The second-order valence-electron chi connectivity index (χ2n) is 2.64. The van der Waals surface area contributed by atoms with Gasteiger partial charge >= 0.3 is 0 Å². The Balaban J connectivity index is 2.88. The van der Waals surface area contributed by atoms with E-state index in [1.807, 2.05) is 13.1 Å². The van der Waals surface area contributed by atoms with Gasteiger partial charge in [-0.2, -0.15) is 0 Å². The lowest BCUT2D eigenvalue weighted by atomic mass is 10.2. The number of aromatic nitrogens is 1. The van der Waals surface area contributed by atoms with E-state index in [0.717, 1.165) is 12.1 Å². The van der Waals surface area contributed by atoms with Crippen LogP contribution in [0, 0.1) is 0 Å². The maximum Gasteiger partial charge on any atom is 0.178 e. The van der Waals surface area contributed by atoms with Crippen molar-refractivity contribution in [1.82, 2.24) is 10.3 Å². The summed E-state index contributed by atoms with van der Waals surface area (Å²) in [6.45, 7) is 2.29. The minimum atomic E-state index is 0.00736. The molecule has 0 unspecified atom stereocenters. The Hall–Kier alpha value is -1.22. The van der Waals surface area contributed by atoms with Crippen molar-refractivity contribution in [2.45, 2.75) is 13.5 Å². The van der Waals surface area contributed by atoms with E-state index in [2.05, 4.69) is 10.3 Å². The van der Waals surface area contributed by atoms with Gasteiger partial charge in [0.1, 0.15) is 5.69 Å². The van der Waals surface area contributed by atoms with E-state index in [-0.39, 0.29) is 5.78 Å². The molecule has 12 heavy (non-hydrogen) atoms. The van der Waals surface area contributed by atoms with E-state index < -0.39 is 0 Å². The van der Waals surface area contributed by atoms with Crippen molar-refractivity contribution in [3.63, 3.8) is 0 Å². The monoisotopic (exact) mass is 164 g/mol. The van der Waals surface area contributed by atoms with Gasteiger partial charge < -0.3 is 5.32 Å². The Morgan fingerprint density at radius 3 is 3.00 bits per heavy atom. The number of nitrogens with zero attached hydrogens (tertiary/aromatic N) is 1. The summed E-state index contributed by atoms with van der Waals surface area (Å²) in [6, 6.07) is 3.70. The van der Waals surface area contributed by atoms with Crippen LogP contribution >= 0.6 is 0 Å². The van der Waals surface area contributed by atoms with E-state index in [1.165, 1.54) is 6.92 Å². The van der Waals surface area contributed by atoms with Gasteiger partial charge in [-0.1, -0.05) is 0 Å². The van der Waals surface area contributed by atoms with E-state index in [4.69, 9.17) is 0 Å². The van der Waals surface area contributed by atoms with Crippen LogP contribution in [0.3, 0.4) is 0 Å². The summed E-state index contributed by atoms with van der Waals surface area (Å²) in [6.07, 6.45) is 1.66. The van der Waals surface area contributed by atoms with E-state index >= 15 is 0 Å². The van der Waals surface area contributed by atoms with Gasteiger partial charge in [-0.05, 0) is 24.7 Å². The molecule has 0 fully saturated rings. The van der Waals surface area contributed by atoms with Crippen molar-refractivity contribution in [2.75, 3.05) is 7.05 Å². The molecule has 0 saturated carbocycles. The molecule has 1 rings (SSSR count). The van der Waals surface area contributed by atoms with Crippen molar-refractivity contribution in [1.29, 1.82) is 0 Å². The van der Waals surface area contributed by atoms with E-state index in [1.54, 1.807) is 12.3 Å². The first-order valence-electron chi connectivity index (χ1n) is 3.84. The molecule has 1 N–H and O–H groups in total. The molecule has 0 bridgehead atoms. The average molecular weight is 164 g/mol. The molecule has 1 heterocycles. The molecule has 0 spiro atoms. The molecule has 0 aromatic carbocycles. The van der Waals surface area contributed by atoms with Crippen LogP contribution in [0.1, 0.15) is 23.0 Å². The van der Waals surface area contributed by atoms with Crippen LogP contribution in [0.25, 0.3) is 0 Å². The predicted molar refractivity (Wildman–Crippen MR) is 47.0 cm³/mol. The van der Waals surface area contributed by atoms with E-state index in [0.29, 0.717) is 5.69 Å². The zero-order valence-corrected chi connectivity index (χ0v) is 7.29. The molecule has 0 saturated heterocycles. The second-order valence-corrected chi connectivity index (χ2v) is 2.64. The largest absolute Gasteiger partial charge is 0.316 e. The molecule has 0 aliphatic rings. The quantitative estimate of drug-likeness (QED) is 0.678. The summed E-state index contributed by atoms with van der Waals surface area (Å²) >= 11 is 0. The van der Waals surface area contributed by atoms with Crippen LogP contribution in [-0.4, -0.2) is 17.8 Å². The summed E-state index contributed by atoms with van der Waals surface area (Å²) in [4.78, 5) is 14.9. The van der Waals surface area contributed by atoms with Gasteiger partial charge in [0, 0.05) is 19.7 Å². The molecule has 64 valence electrons. The van der Waals surface area contributed by atoms with Gasteiger partial charge in [0.05, 0.1) is 0 Å². The third-order valence-electron chi connectivity index (χ3n) is 1.57. The topological polar surface area (TPSA) is 42.0 Å². The third-order valence-corrected chi connectivity index (χ3v) is 1.57. The average Bonchev–Trinajstić information content (AvgIpc) is 2.05. The lowest BCUT2D eigenvalue weighted by Gasteiger charge is -2.00. The van der Waals surface area contributed by atoms with Gasteiger partial charge in [-0.25, -0.2) is 0 Å². The maximum absolute atomic E-state index is 10.9. The second kappa shape index (κ2) is 3.97. The number of hydrogen-bond donors (Lipinski definition) is 1. The lowest BCUT2D eigenvalue weighted by molar-refractivity contribution is 0.101. The number of Topliss-reactive ketones (excluding diaryl/α,β-unsaturated/α-hetero) is 1. The fourth-order valence-corrected chi connectivity index (χ4v) is 0.981. The van der Waals surface area contributed by atoms with Crippen LogP contribution in [0.5, 0.6) is 0 Å². The summed E-state index contributed by atoms with van der Waals surface area (Å²) in [5.41, 5.74) is 1.61. The highest BCUT2D eigenvalue weighted by Crippen LogP contribution is 2.01. The van der Waals surface area contributed by atoms with Crippen molar-refractivity contribution in [3.05, 3.63) is 29.6 Å². The first-order valence-corrected chi connectivity index (χ1v) is 3.84. The molecule has 0 atom stereocenters. The Labute approximate surface area is 71.8 Å². The zero-order valence-electron chi connectivity index (χ0n) is 7.29. The maximum atomic E-state index is 10.9. The molecule has 1 aromatic rings. The van der Waals surface area contributed by atoms with Gasteiger partial charge in [0.2, 0.25) is 0 Å². The summed E-state index contributed by atoms with van der Waals surface area (Å²) in [7, 11) is 1.87. The highest BCUT2D eigenvalue weighted by molar-refractivity contribution is 5.92. The van der Waals surface area contributed by atoms with Crippen LogP contribution in [0.2, 0.25) is 0 Å². The van der Waals surface area contributed by atoms with Gasteiger partial charge in [0.25, 0.3) is 0 Å². The number of nitrogens with one attached hydrogen (secondary N) is 1. The van der Waals surface area contributed by atoms with Crippen molar-refractivity contribution < 1.29 is 4.79 Å². The fraction of sp³-hybridized carbons (Fsp3) is 0.333. The first-order chi connectivity index (χ1) is 5.74. The zero-order chi connectivity index (χ0) is 8.97. The van der Waals surface area contributed by atoms with Crippen molar-refractivity contribution in [3.8, 4) is 0 Å². The van der Waals surface area contributed by atoms with Crippen molar-refractivity contribution >= 4 is 5.78 Å². The number of ketones is 1. The van der Waals surface area contributed by atoms with Crippen LogP contribution in [-0.2, 0) is 6.54 Å². The summed E-state index contributed by atoms with van der Waals surface area (Å²) in [5.74, 6) is 0.00736. The van der Waals surface area contributed by atoms with Crippen LogP contribution in [0.4, 0.5) is 0 Å². The first kappa shape index (κ1) is 8.87. The highest BCUT2D eigenvalue weighted by atomic mass is 16.1. The summed E-state index contributed by atoms with van der Waals surface area (Å²) in [5, 5.41) is 3.01. The number of carbonyl (C=O) groups excluding carboxylic acids is 1. The summed E-state index contributed by atoms with van der Waals surface area (Å²) < 4.78 is 0. The number of hydrogen-bond acceptors (Lipinski definition) is 3. The fourth-order valence-electron chi connectivity index (χ4n) is 0.981. The number of rotatable bonds is 3. The SMILES string of the molecule is CNCc1ccnc(C(C)=O)c1. The van der Waals surface area contributed by atoms with Gasteiger partial charge in [-0.3, -0.25) is 9.78 Å². The molecular weight excluding hydrogens is 152 g/mol. The molecule has 3 heteroatoms. The standard InChI is InChI=1S/C9H12N2O/c1-7(12)9-5-8(6-10-2)3-4-11-9/h3-5,10H,6H2,1-2H3. The molecule has 1 aromatic heterocycles. The van der Waals surface area contributed by atoms with E-state index in [9.17, 15) is 4.79 Å². The third kappa shape index (κ3) is 2.13. The molecule has 3 nitrogen and oxygen atoms in total. The molecule has 0 amide bonds. The molecule has 0 aliphatic heterocycles. The van der Waals surface area contributed by atoms with Gasteiger partial charge in [0.15, 0.2) is 5.78 Å². The van der Waals surface area contributed by atoms with Crippen LogP contribution in [0.15, 0.2) is 18.3 Å². The Morgan fingerprint density at radius 2 is 2.42 bits per heavy atom.